The molecule has 0 fully saturated rings. The SMILES string of the molecule is CN(C)c1ccc2c(-c3cccc(CO)c3)cc(=O)n(Cc3ccccc3)c2c1. The lowest BCUT2D eigenvalue weighted by Crippen LogP contribution is -2.21. The summed E-state index contributed by atoms with van der Waals surface area (Å²) in [4.78, 5) is 15.2. The van der Waals surface area contributed by atoms with Crippen molar-refractivity contribution in [1.29, 1.82) is 0 Å². The normalized spacial score (nSPS) is 11.0. The molecule has 0 aliphatic rings. The largest absolute Gasteiger partial charge is 0.392 e. The van der Waals surface area contributed by atoms with E-state index in [4.69, 9.17) is 0 Å². The van der Waals surface area contributed by atoms with E-state index >= 15 is 0 Å². The predicted molar refractivity (Wildman–Crippen MR) is 119 cm³/mol. The van der Waals surface area contributed by atoms with Crippen molar-refractivity contribution in [2.75, 3.05) is 19.0 Å². The highest BCUT2D eigenvalue weighted by molar-refractivity contribution is 5.96. The van der Waals surface area contributed by atoms with Gasteiger partial charge in [-0.2, -0.15) is 0 Å². The average Bonchev–Trinajstić information content (AvgIpc) is 2.75. The first-order valence-electron chi connectivity index (χ1n) is 9.66. The van der Waals surface area contributed by atoms with Crippen molar-refractivity contribution in [3.63, 3.8) is 0 Å². The van der Waals surface area contributed by atoms with E-state index in [1.165, 1.54) is 0 Å². The first-order valence-corrected chi connectivity index (χ1v) is 9.66. The molecule has 0 aliphatic heterocycles. The van der Waals surface area contributed by atoms with Crippen LogP contribution in [0.5, 0.6) is 0 Å². The Balaban J connectivity index is 1.97. The van der Waals surface area contributed by atoms with Gasteiger partial charge in [-0.3, -0.25) is 4.79 Å². The van der Waals surface area contributed by atoms with Gasteiger partial charge in [0.2, 0.25) is 0 Å². The highest BCUT2D eigenvalue weighted by Gasteiger charge is 2.13. The summed E-state index contributed by atoms with van der Waals surface area (Å²) in [5.74, 6) is 0. The number of aliphatic hydroxyl groups is 1. The lowest BCUT2D eigenvalue weighted by molar-refractivity contribution is 0.282. The van der Waals surface area contributed by atoms with E-state index < -0.39 is 0 Å². The molecule has 0 radical (unpaired) electrons. The van der Waals surface area contributed by atoms with Crippen LogP contribution in [0.4, 0.5) is 5.69 Å². The summed E-state index contributed by atoms with van der Waals surface area (Å²) in [6.45, 7) is 0.492. The van der Waals surface area contributed by atoms with Crippen molar-refractivity contribution in [2.24, 2.45) is 0 Å². The minimum absolute atomic E-state index is 0.0262. The first kappa shape index (κ1) is 19.0. The van der Waals surface area contributed by atoms with Crippen molar-refractivity contribution in [2.45, 2.75) is 13.2 Å². The van der Waals surface area contributed by atoms with Crippen LogP contribution in [0.3, 0.4) is 0 Å². The van der Waals surface area contributed by atoms with Crippen LogP contribution in [0.25, 0.3) is 22.0 Å². The summed E-state index contributed by atoms with van der Waals surface area (Å²) in [5.41, 5.74) is 5.63. The van der Waals surface area contributed by atoms with Gasteiger partial charge in [0.1, 0.15) is 0 Å². The molecule has 0 bridgehead atoms. The lowest BCUT2D eigenvalue weighted by Gasteiger charge is -2.18. The molecule has 0 saturated carbocycles. The summed E-state index contributed by atoms with van der Waals surface area (Å²) >= 11 is 0. The van der Waals surface area contributed by atoms with Crippen molar-refractivity contribution in [3.8, 4) is 11.1 Å². The molecular formula is C25H24N2O2. The Morgan fingerprint density at radius 2 is 1.62 bits per heavy atom. The fourth-order valence-electron chi connectivity index (χ4n) is 3.65. The summed E-state index contributed by atoms with van der Waals surface area (Å²) < 4.78 is 1.83. The Morgan fingerprint density at radius 1 is 0.862 bits per heavy atom. The number of anilines is 1. The summed E-state index contributed by atoms with van der Waals surface area (Å²) in [7, 11) is 3.99. The number of hydrogen-bond donors (Lipinski definition) is 1. The van der Waals surface area contributed by atoms with E-state index in [9.17, 15) is 9.90 Å². The number of hydrogen-bond acceptors (Lipinski definition) is 3. The lowest BCUT2D eigenvalue weighted by atomic mass is 9.98. The van der Waals surface area contributed by atoms with Crippen LogP contribution in [-0.2, 0) is 13.2 Å². The van der Waals surface area contributed by atoms with Crippen LogP contribution in [0, 0.1) is 0 Å². The van der Waals surface area contributed by atoms with Gasteiger partial charge in [-0.1, -0.05) is 54.6 Å². The fourth-order valence-corrected chi connectivity index (χ4v) is 3.65. The van der Waals surface area contributed by atoms with Gasteiger partial charge in [0.05, 0.1) is 18.7 Å². The highest BCUT2D eigenvalue weighted by Crippen LogP contribution is 2.30. The standard InChI is InChI=1S/C25H24N2O2/c1-26(2)21-11-12-22-23(20-10-6-9-19(13-20)17-28)15-25(29)27(24(22)14-21)16-18-7-4-3-5-8-18/h3-15,28H,16-17H2,1-2H3. The second-order valence-electron chi connectivity index (χ2n) is 7.42. The van der Waals surface area contributed by atoms with Crippen LogP contribution >= 0.6 is 0 Å². The molecule has 1 N–H and O–H groups in total. The molecule has 146 valence electrons. The van der Waals surface area contributed by atoms with E-state index in [-0.39, 0.29) is 12.2 Å². The number of fused-ring (bicyclic) bond motifs is 1. The van der Waals surface area contributed by atoms with Gasteiger partial charge >= 0.3 is 0 Å². The topological polar surface area (TPSA) is 45.5 Å². The van der Waals surface area contributed by atoms with Crippen molar-refractivity contribution >= 4 is 16.6 Å². The van der Waals surface area contributed by atoms with E-state index in [0.29, 0.717) is 6.54 Å². The highest BCUT2D eigenvalue weighted by atomic mass is 16.3. The molecular weight excluding hydrogens is 360 g/mol. The van der Waals surface area contributed by atoms with Crippen LogP contribution in [-0.4, -0.2) is 23.8 Å². The molecule has 0 atom stereocenters. The molecule has 0 unspecified atom stereocenters. The van der Waals surface area contributed by atoms with E-state index in [2.05, 4.69) is 18.2 Å². The number of benzene rings is 3. The van der Waals surface area contributed by atoms with Gasteiger partial charge in [0.15, 0.2) is 0 Å². The molecule has 0 spiro atoms. The molecule has 4 nitrogen and oxygen atoms in total. The first-order chi connectivity index (χ1) is 14.1. The maximum absolute atomic E-state index is 13.2. The Labute approximate surface area is 170 Å². The molecule has 1 aromatic heterocycles. The van der Waals surface area contributed by atoms with Crippen LogP contribution in [0.1, 0.15) is 11.1 Å². The molecule has 4 rings (SSSR count). The van der Waals surface area contributed by atoms with E-state index in [1.807, 2.05) is 78.2 Å². The summed E-state index contributed by atoms with van der Waals surface area (Å²) in [6, 6.07) is 25.7. The number of rotatable bonds is 5. The number of pyridine rings is 1. The zero-order valence-electron chi connectivity index (χ0n) is 16.7. The Morgan fingerprint density at radius 3 is 2.34 bits per heavy atom. The zero-order valence-corrected chi connectivity index (χ0v) is 16.7. The zero-order chi connectivity index (χ0) is 20.4. The molecule has 0 saturated heterocycles. The molecule has 0 amide bonds. The third-order valence-corrected chi connectivity index (χ3v) is 5.22. The van der Waals surface area contributed by atoms with Gasteiger partial charge in [0, 0.05) is 31.2 Å². The molecule has 29 heavy (non-hydrogen) atoms. The maximum atomic E-state index is 13.2. The maximum Gasteiger partial charge on any atom is 0.251 e. The number of nitrogens with zero attached hydrogens (tertiary/aromatic N) is 2. The van der Waals surface area contributed by atoms with Crippen LogP contribution in [0.2, 0.25) is 0 Å². The van der Waals surface area contributed by atoms with E-state index in [0.717, 1.165) is 38.8 Å². The van der Waals surface area contributed by atoms with Gasteiger partial charge in [0.25, 0.3) is 5.56 Å². The Kier molecular flexibility index (Phi) is 5.19. The molecule has 3 aromatic carbocycles. The fraction of sp³-hybridized carbons (Fsp3) is 0.160. The number of aliphatic hydroxyl groups excluding tert-OH is 1. The third-order valence-electron chi connectivity index (χ3n) is 5.22. The average molecular weight is 384 g/mol. The quantitative estimate of drug-likeness (QED) is 0.559. The Bertz CT molecular complexity index is 1210. The summed E-state index contributed by atoms with van der Waals surface area (Å²) in [5, 5.41) is 10.5. The van der Waals surface area contributed by atoms with E-state index in [1.54, 1.807) is 6.07 Å². The molecule has 4 aromatic rings. The summed E-state index contributed by atoms with van der Waals surface area (Å²) in [6.07, 6.45) is 0. The van der Waals surface area contributed by atoms with Gasteiger partial charge < -0.3 is 14.6 Å². The second-order valence-corrected chi connectivity index (χ2v) is 7.42. The Hall–Kier alpha value is -3.37. The number of aromatic nitrogens is 1. The van der Waals surface area contributed by atoms with Gasteiger partial charge in [-0.05, 0) is 40.5 Å². The van der Waals surface area contributed by atoms with Gasteiger partial charge in [-0.15, -0.1) is 0 Å². The predicted octanol–water partition coefficient (Wildman–Crippen LogP) is 4.28. The minimum Gasteiger partial charge on any atom is -0.392 e. The van der Waals surface area contributed by atoms with Crippen molar-refractivity contribution < 1.29 is 5.11 Å². The van der Waals surface area contributed by atoms with Crippen LogP contribution in [0.15, 0.2) is 83.7 Å². The third kappa shape index (κ3) is 3.80. The molecule has 4 heteroatoms. The molecule has 0 aliphatic carbocycles. The second kappa shape index (κ2) is 7.94. The van der Waals surface area contributed by atoms with Crippen molar-refractivity contribution in [3.05, 3.63) is 100 Å². The van der Waals surface area contributed by atoms with Crippen LogP contribution < -0.4 is 10.5 Å². The van der Waals surface area contributed by atoms with Crippen molar-refractivity contribution in [1.82, 2.24) is 4.57 Å². The smallest absolute Gasteiger partial charge is 0.251 e. The molecule has 1 heterocycles. The van der Waals surface area contributed by atoms with Gasteiger partial charge in [-0.25, -0.2) is 0 Å². The minimum atomic E-state index is -0.0401. The monoisotopic (exact) mass is 384 g/mol.